The average Bonchev–Trinajstić information content (AvgIpc) is 2.70. The number of aryl methyl sites for hydroxylation is 1. The van der Waals surface area contributed by atoms with Gasteiger partial charge in [-0.3, -0.25) is 4.68 Å². The molecule has 0 aliphatic rings. The van der Waals surface area contributed by atoms with Crippen LogP contribution in [0, 0.1) is 0 Å². The van der Waals surface area contributed by atoms with Crippen molar-refractivity contribution in [3.05, 3.63) is 26.6 Å². The van der Waals surface area contributed by atoms with Crippen molar-refractivity contribution in [1.82, 2.24) is 9.78 Å². The molecule has 2 heterocycles. The average molecular weight is 322 g/mol. The number of carbonyl (C=O) groups is 1. The monoisotopic (exact) mass is 320 g/mol. The summed E-state index contributed by atoms with van der Waals surface area (Å²) in [6, 6.07) is 3.71. The lowest BCUT2D eigenvalue weighted by molar-refractivity contribution is 0.0685. The summed E-state index contributed by atoms with van der Waals surface area (Å²) in [4.78, 5) is 11.8. The van der Waals surface area contributed by atoms with Gasteiger partial charge in [-0.1, -0.05) is 11.6 Å². The van der Waals surface area contributed by atoms with E-state index in [1.807, 2.05) is 12.1 Å². The Morgan fingerprint density at radius 1 is 1.62 bits per heavy atom. The Hall–Kier alpha value is -0.850. The maximum Gasteiger partial charge on any atom is 0.355 e. The van der Waals surface area contributed by atoms with E-state index in [2.05, 4.69) is 21.0 Å². The van der Waals surface area contributed by atoms with Crippen LogP contribution in [0.25, 0.3) is 10.6 Å². The first-order valence-electron chi connectivity index (χ1n) is 4.22. The van der Waals surface area contributed by atoms with Crippen molar-refractivity contribution in [2.45, 2.75) is 0 Å². The van der Waals surface area contributed by atoms with Crippen LogP contribution in [0.3, 0.4) is 0 Å². The van der Waals surface area contributed by atoms with Crippen molar-refractivity contribution in [3.63, 3.8) is 0 Å². The van der Waals surface area contributed by atoms with Crippen LogP contribution in [0.15, 0.2) is 15.9 Å². The molecule has 0 atom stereocenters. The van der Waals surface area contributed by atoms with Crippen LogP contribution in [0.1, 0.15) is 10.5 Å². The van der Waals surface area contributed by atoms with Gasteiger partial charge in [0.25, 0.3) is 0 Å². The molecule has 0 aromatic carbocycles. The minimum atomic E-state index is -1.08. The molecule has 16 heavy (non-hydrogen) atoms. The highest BCUT2D eigenvalue weighted by Gasteiger charge is 2.21. The predicted molar refractivity (Wildman–Crippen MR) is 66.2 cm³/mol. The van der Waals surface area contributed by atoms with E-state index in [0.29, 0.717) is 5.69 Å². The van der Waals surface area contributed by atoms with E-state index >= 15 is 0 Å². The molecule has 0 aliphatic heterocycles. The maximum absolute atomic E-state index is 10.9. The number of hydrogen-bond donors (Lipinski definition) is 1. The Labute approximate surface area is 109 Å². The Balaban J connectivity index is 2.59. The van der Waals surface area contributed by atoms with E-state index < -0.39 is 5.97 Å². The number of carboxylic acid groups (broad SMARTS) is 1. The Morgan fingerprint density at radius 3 is 2.75 bits per heavy atom. The van der Waals surface area contributed by atoms with Crippen LogP contribution in [0.5, 0.6) is 0 Å². The second kappa shape index (κ2) is 4.20. The third kappa shape index (κ3) is 1.88. The number of nitrogens with zero attached hydrogens (tertiary/aromatic N) is 2. The zero-order valence-electron chi connectivity index (χ0n) is 8.07. The molecular weight excluding hydrogens is 316 g/mol. The third-order valence-corrected chi connectivity index (χ3v) is 3.99. The van der Waals surface area contributed by atoms with E-state index in [1.165, 1.54) is 16.0 Å². The molecule has 84 valence electrons. The lowest BCUT2D eigenvalue weighted by atomic mass is 10.3. The van der Waals surface area contributed by atoms with E-state index in [-0.39, 0.29) is 10.7 Å². The molecule has 0 aliphatic carbocycles. The number of rotatable bonds is 2. The second-order valence-electron chi connectivity index (χ2n) is 3.04. The van der Waals surface area contributed by atoms with Gasteiger partial charge in [-0.05, 0) is 28.1 Å². The van der Waals surface area contributed by atoms with Crippen LogP contribution in [-0.4, -0.2) is 20.9 Å². The van der Waals surface area contributed by atoms with E-state index in [9.17, 15) is 4.79 Å². The van der Waals surface area contributed by atoms with Gasteiger partial charge in [0.2, 0.25) is 0 Å². The van der Waals surface area contributed by atoms with Gasteiger partial charge in [-0.25, -0.2) is 4.79 Å². The molecule has 7 heteroatoms. The number of thiophene rings is 1. The number of aromatic nitrogens is 2. The minimum Gasteiger partial charge on any atom is -0.476 e. The summed E-state index contributed by atoms with van der Waals surface area (Å²) < 4.78 is 2.22. The zero-order valence-corrected chi connectivity index (χ0v) is 11.2. The Bertz CT molecular complexity index is 564. The summed E-state index contributed by atoms with van der Waals surface area (Å²) in [5.74, 6) is -1.08. The lowest BCUT2D eigenvalue weighted by Gasteiger charge is -1.93. The predicted octanol–water partition coefficient (Wildman–Crippen LogP) is 3.26. The van der Waals surface area contributed by atoms with Crippen molar-refractivity contribution in [1.29, 1.82) is 0 Å². The molecule has 0 spiro atoms. The Morgan fingerprint density at radius 2 is 2.31 bits per heavy atom. The smallest absolute Gasteiger partial charge is 0.355 e. The molecule has 0 unspecified atom stereocenters. The van der Waals surface area contributed by atoms with Crippen LogP contribution in [0.2, 0.25) is 5.02 Å². The summed E-state index contributed by atoms with van der Waals surface area (Å²) in [6.45, 7) is 0. The molecule has 4 nitrogen and oxygen atoms in total. The fourth-order valence-corrected chi connectivity index (χ4v) is 3.11. The molecule has 0 amide bonds. The van der Waals surface area contributed by atoms with Crippen molar-refractivity contribution in [2.24, 2.45) is 7.05 Å². The number of aromatic carboxylic acids is 1. The first-order valence-corrected chi connectivity index (χ1v) is 6.21. The molecule has 2 aromatic heterocycles. The van der Waals surface area contributed by atoms with Crippen molar-refractivity contribution in [2.75, 3.05) is 0 Å². The fraction of sp³-hybridized carbons (Fsp3) is 0.111. The number of hydrogen-bond acceptors (Lipinski definition) is 3. The molecule has 2 rings (SSSR count). The minimum absolute atomic E-state index is 0.00110. The molecule has 0 bridgehead atoms. The maximum atomic E-state index is 10.9. The van der Waals surface area contributed by atoms with Crippen LogP contribution < -0.4 is 0 Å². The van der Waals surface area contributed by atoms with Crippen molar-refractivity contribution < 1.29 is 9.90 Å². The highest BCUT2D eigenvalue weighted by atomic mass is 79.9. The Kier molecular flexibility index (Phi) is 3.05. The highest BCUT2D eigenvalue weighted by molar-refractivity contribution is 9.11. The van der Waals surface area contributed by atoms with Gasteiger partial charge in [0.15, 0.2) is 5.69 Å². The van der Waals surface area contributed by atoms with E-state index in [1.54, 1.807) is 7.05 Å². The van der Waals surface area contributed by atoms with E-state index in [4.69, 9.17) is 16.7 Å². The summed E-state index contributed by atoms with van der Waals surface area (Å²) in [5.41, 5.74) is 0.499. The fourth-order valence-electron chi connectivity index (χ4n) is 1.33. The van der Waals surface area contributed by atoms with E-state index in [0.717, 1.165) is 8.66 Å². The van der Waals surface area contributed by atoms with Gasteiger partial charge in [0.1, 0.15) is 10.7 Å². The summed E-state index contributed by atoms with van der Waals surface area (Å²) >= 11 is 10.8. The highest BCUT2D eigenvalue weighted by Crippen LogP contribution is 2.36. The van der Waals surface area contributed by atoms with Crippen molar-refractivity contribution >= 4 is 44.8 Å². The molecule has 0 radical (unpaired) electrons. The van der Waals surface area contributed by atoms with Gasteiger partial charge >= 0.3 is 5.97 Å². The first-order chi connectivity index (χ1) is 7.50. The molecule has 0 saturated carbocycles. The van der Waals surface area contributed by atoms with Gasteiger partial charge in [-0.2, -0.15) is 5.10 Å². The van der Waals surface area contributed by atoms with Gasteiger partial charge in [0, 0.05) is 7.05 Å². The lowest BCUT2D eigenvalue weighted by Crippen LogP contribution is -2.05. The van der Waals surface area contributed by atoms with Crippen LogP contribution in [-0.2, 0) is 7.05 Å². The van der Waals surface area contributed by atoms with Gasteiger partial charge < -0.3 is 5.11 Å². The third-order valence-electron chi connectivity index (χ3n) is 2.00. The quantitative estimate of drug-likeness (QED) is 0.923. The summed E-state index contributed by atoms with van der Waals surface area (Å²) in [5, 5.41) is 13.2. The topological polar surface area (TPSA) is 55.1 Å². The van der Waals surface area contributed by atoms with Gasteiger partial charge in [-0.15, -0.1) is 11.3 Å². The zero-order chi connectivity index (χ0) is 11.9. The van der Waals surface area contributed by atoms with Gasteiger partial charge in [0.05, 0.1) is 8.66 Å². The number of carboxylic acids is 1. The standard InChI is InChI=1S/C9H6BrClN2O2S/c1-13-8(9(14)15)6(11)7(12-13)4-2-3-5(10)16-4/h2-3H,1H3,(H,14,15). The van der Waals surface area contributed by atoms with Crippen molar-refractivity contribution in [3.8, 4) is 10.6 Å². The molecule has 2 aromatic rings. The normalized spacial score (nSPS) is 10.7. The van der Waals surface area contributed by atoms with Crippen LogP contribution >= 0.6 is 38.9 Å². The summed E-state index contributed by atoms with van der Waals surface area (Å²) in [6.07, 6.45) is 0. The summed E-state index contributed by atoms with van der Waals surface area (Å²) in [7, 11) is 1.56. The molecular formula is C9H6BrClN2O2S. The first kappa shape index (κ1) is 11.6. The largest absolute Gasteiger partial charge is 0.476 e. The molecule has 1 N–H and O–H groups in total. The van der Waals surface area contributed by atoms with Crippen LogP contribution in [0.4, 0.5) is 0 Å². The number of halogens is 2. The second-order valence-corrected chi connectivity index (χ2v) is 5.88. The molecule has 0 saturated heterocycles. The molecule has 0 fully saturated rings. The SMILES string of the molecule is Cn1nc(-c2ccc(Br)s2)c(Cl)c1C(=O)O.